The van der Waals surface area contributed by atoms with E-state index in [9.17, 15) is 4.79 Å². The zero-order chi connectivity index (χ0) is 14.4. The number of benzene rings is 2. The van der Waals surface area contributed by atoms with E-state index in [1.807, 2.05) is 36.4 Å². The van der Waals surface area contributed by atoms with Gasteiger partial charge in [-0.05, 0) is 48.5 Å². The van der Waals surface area contributed by atoms with Gasteiger partial charge in [0.25, 0.3) is 0 Å². The summed E-state index contributed by atoms with van der Waals surface area (Å²) >= 11 is 1.59. The number of nitriles is 1. The van der Waals surface area contributed by atoms with Gasteiger partial charge in [0, 0.05) is 15.5 Å². The Balaban J connectivity index is 2.03. The molecule has 4 nitrogen and oxygen atoms in total. The van der Waals surface area contributed by atoms with E-state index in [0.29, 0.717) is 5.56 Å². The highest BCUT2D eigenvalue weighted by atomic mass is 32.2. The summed E-state index contributed by atoms with van der Waals surface area (Å²) in [5.41, 5.74) is 6.61. The van der Waals surface area contributed by atoms with Crippen LogP contribution in [-0.2, 0) is 4.79 Å². The maximum absolute atomic E-state index is 11.1. The lowest BCUT2D eigenvalue weighted by atomic mass is 10.2. The molecule has 0 saturated carbocycles. The van der Waals surface area contributed by atoms with Crippen molar-refractivity contribution in [3.8, 4) is 6.07 Å². The van der Waals surface area contributed by atoms with E-state index in [0.717, 1.165) is 15.5 Å². The maximum atomic E-state index is 11.1. The number of hydrogen-bond acceptors (Lipinski definition) is 4. The van der Waals surface area contributed by atoms with Gasteiger partial charge >= 0.3 is 0 Å². The molecule has 20 heavy (non-hydrogen) atoms. The molecule has 0 atom stereocenters. The molecule has 5 heteroatoms. The zero-order valence-corrected chi connectivity index (χ0v) is 11.5. The average molecular weight is 283 g/mol. The molecule has 0 unspecified atom stereocenters. The van der Waals surface area contributed by atoms with Gasteiger partial charge < -0.3 is 11.1 Å². The van der Waals surface area contributed by atoms with Gasteiger partial charge in [0.05, 0.1) is 18.2 Å². The molecule has 0 aliphatic rings. The Morgan fingerprint density at radius 2 is 1.65 bits per heavy atom. The van der Waals surface area contributed by atoms with Crippen LogP contribution in [0, 0.1) is 11.3 Å². The highest BCUT2D eigenvalue weighted by molar-refractivity contribution is 7.99. The summed E-state index contributed by atoms with van der Waals surface area (Å²) in [4.78, 5) is 13.3. The SMILES string of the molecule is N#Cc1ccc(Sc2ccc(NC(=O)CN)cc2)cc1. The molecule has 0 fully saturated rings. The zero-order valence-electron chi connectivity index (χ0n) is 10.7. The number of hydrogen-bond donors (Lipinski definition) is 2. The van der Waals surface area contributed by atoms with Gasteiger partial charge in [0.1, 0.15) is 0 Å². The third kappa shape index (κ3) is 3.85. The van der Waals surface area contributed by atoms with Crippen LogP contribution >= 0.6 is 11.8 Å². The topological polar surface area (TPSA) is 78.9 Å². The van der Waals surface area contributed by atoms with Gasteiger partial charge in [0.2, 0.25) is 5.91 Å². The molecule has 0 bridgehead atoms. The van der Waals surface area contributed by atoms with E-state index < -0.39 is 0 Å². The quantitative estimate of drug-likeness (QED) is 0.904. The van der Waals surface area contributed by atoms with Crippen LogP contribution in [0.2, 0.25) is 0 Å². The van der Waals surface area contributed by atoms with Crippen LogP contribution in [0.25, 0.3) is 0 Å². The summed E-state index contributed by atoms with van der Waals surface area (Å²) in [6.07, 6.45) is 0. The summed E-state index contributed by atoms with van der Waals surface area (Å²) < 4.78 is 0. The van der Waals surface area contributed by atoms with Crippen LogP contribution in [0.3, 0.4) is 0 Å². The molecule has 0 radical (unpaired) electrons. The number of nitrogens with one attached hydrogen (secondary N) is 1. The van der Waals surface area contributed by atoms with E-state index in [1.165, 1.54) is 0 Å². The first-order valence-electron chi connectivity index (χ1n) is 5.99. The van der Waals surface area contributed by atoms with E-state index in [1.54, 1.807) is 23.9 Å². The number of carbonyl (C=O) groups excluding carboxylic acids is 1. The van der Waals surface area contributed by atoms with Crippen molar-refractivity contribution < 1.29 is 4.79 Å². The molecule has 100 valence electrons. The summed E-state index contributed by atoms with van der Waals surface area (Å²) in [5.74, 6) is -0.211. The molecule has 2 aromatic carbocycles. The predicted molar refractivity (Wildman–Crippen MR) is 79.4 cm³/mol. The van der Waals surface area contributed by atoms with Crippen molar-refractivity contribution >= 4 is 23.4 Å². The van der Waals surface area contributed by atoms with Gasteiger partial charge in [-0.15, -0.1) is 0 Å². The third-order valence-electron chi connectivity index (χ3n) is 2.54. The Morgan fingerprint density at radius 3 is 2.15 bits per heavy atom. The molecule has 2 aromatic rings. The standard InChI is InChI=1S/C15H13N3OS/c16-9-11-1-5-13(6-2-11)20-14-7-3-12(4-8-14)18-15(19)10-17/h1-8H,10,17H2,(H,18,19). The van der Waals surface area contributed by atoms with Crippen molar-refractivity contribution in [2.75, 3.05) is 11.9 Å². The summed E-state index contributed by atoms with van der Waals surface area (Å²) in [5, 5.41) is 11.4. The van der Waals surface area contributed by atoms with E-state index in [2.05, 4.69) is 11.4 Å². The lowest BCUT2D eigenvalue weighted by molar-refractivity contribution is -0.114. The highest BCUT2D eigenvalue weighted by Gasteiger charge is 2.01. The van der Waals surface area contributed by atoms with Crippen molar-refractivity contribution in [1.82, 2.24) is 0 Å². The van der Waals surface area contributed by atoms with Gasteiger partial charge in [-0.2, -0.15) is 5.26 Å². The van der Waals surface area contributed by atoms with Crippen molar-refractivity contribution in [3.05, 3.63) is 54.1 Å². The van der Waals surface area contributed by atoms with Crippen molar-refractivity contribution in [3.63, 3.8) is 0 Å². The molecule has 0 aromatic heterocycles. The predicted octanol–water partition coefficient (Wildman–Crippen LogP) is 2.61. The highest BCUT2D eigenvalue weighted by Crippen LogP contribution is 2.28. The third-order valence-corrected chi connectivity index (χ3v) is 3.56. The Labute approximate surface area is 121 Å². The molecule has 0 spiro atoms. The number of amides is 1. The average Bonchev–Trinajstić information content (AvgIpc) is 2.50. The molecular weight excluding hydrogens is 270 g/mol. The Morgan fingerprint density at radius 1 is 1.10 bits per heavy atom. The van der Waals surface area contributed by atoms with Crippen molar-refractivity contribution in [1.29, 1.82) is 5.26 Å². The van der Waals surface area contributed by atoms with Gasteiger partial charge in [-0.25, -0.2) is 0 Å². The molecule has 0 saturated heterocycles. The largest absolute Gasteiger partial charge is 0.325 e. The second kappa shape index (κ2) is 6.75. The van der Waals surface area contributed by atoms with E-state index >= 15 is 0 Å². The maximum Gasteiger partial charge on any atom is 0.238 e. The van der Waals surface area contributed by atoms with Crippen molar-refractivity contribution in [2.24, 2.45) is 5.73 Å². The minimum absolute atomic E-state index is 0.0260. The minimum atomic E-state index is -0.211. The van der Waals surface area contributed by atoms with Crippen LogP contribution < -0.4 is 11.1 Å². The van der Waals surface area contributed by atoms with Crippen LogP contribution in [0.1, 0.15) is 5.56 Å². The van der Waals surface area contributed by atoms with Gasteiger partial charge in [-0.3, -0.25) is 4.79 Å². The van der Waals surface area contributed by atoms with E-state index in [-0.39, 0.29) is 12.5 Å². The first-order chi connectivity index (χ1) is 9.71. The fourth-order valence-corrected chi connectivity index (χ4v) is 2.37. The molecule has 1 amide bonds. The number of carbonyl (C=O) groups is 1. The second-order valence-electron chi connectivity index (χ2n) is 4.01. The Kier molecular flexibility index (Phi) is 4.77. The first-order valence-corrected chi connectivity index (χ1v) is 6.81. The lowest BCUT2D eigenvalue weighted by Crippen LogP contribution is -2.21. The smallest absolute Gasteiger partial charge is 0.238 e. The number of nitrogens with zero attached hydrogens (tertiary/aromatic N) is 1. The van der Waals surface area contributed by atoms with E-state index in [4.69, 9.17) is 11.0 Å². The van der Waals surface area contributed by atoms with Crippen LogP contribution in [0.15, 0.2) is 58.3 Å². The fraction of sp³-hybridized carbons (Fsp3) is 0.0667. The van der Waals surface area contributed by atoms with Gasteiger partial charge in [-0.1, -0.05) is 11.8 Å². The molecule has 2 rings (SSSR count). The Bertz CT molecular complexity index is 630. The lowest BCUT2D eigenvalue weighted by Gasteiger charge is -2.05. The summed E-state index contributed by atoms with van der Waals surface area (Å²) in [7, 11) is 0. The van der Waals surface area contributed by atoms with Crippen LogP contribution in [-0.4, -0.2) is 12.5 Å². The molecule has 0 aliphatic carbocycles. The van der Waals surface area contributed by atoms with Gasteiger partial charge in [0.15, 0.2) is 0 Å². The molecule has 0 aliphatic heterocycles. The normalized spacial score (nSPS) is 9.80. The van der Waals surface area contributed by atoms with Crippen LogP contribution in [0.5, 0.6) is 0 Å². The summed E-state index contributed by atoms with van der Waals surface area (Å²) in [6.45, 7) is -0.0260. The molecule has 0 heterocycles. The first kappa shape index (κ1) is 14.1. The minimum Gasteiger partial charge on any atom is -0.325 e. The summed E-state index contributed by atoms with van der Waals surface area (Å²) in [6, 6.07) is 17.0. The van der Waals surface area contributed by atoms with Crippen molar-refractivity contribution in [2.45, 2.75) is 9.79 Å². The monoisotopic (exact) mass is 283 g/mol. The van der Waals surface area contributed by atoms with Crippen LogP contribution in [0.4, 0.5) is 5.69 Å². The second-order valence-corrected chi connectivity index (χ2v) is 5.16. The molecule has 3 N–H and O–H groups in total. The Hall–Kier alpha value is -2.29. The number of anilines is 1. The number of rotatable bonds is 4. The molecular formula is C15H13N3OS. The number of nitrogens with two attached hydrogens (primary N) is 1. The fourth-order valence-electron chi connectivity index (χ4n) is 1.55.